The Labute approximate surface area is 239 Å². The van der Waals surface area contributed by atoms with Gasteiger partial charge in [-0.15, -0.1) is 0 Å². The number of aromatic nitrogens is 6. The third kappa shape index (κ3) is 5.15. The predicted octanol–water partition coefficient (Wildman–Crippen LogP) is 4.11. The van der Waals surface area contributed by atoms with Crippen molar-refractivity contribution in [2.75, 3.05) is 7.11 Å². The van der Waals surface area contributed by atoms with E-state index in [2.05, 4.69) is 36.1 Å². The van der Waals surface area contributed by atoms with Gasteiger partial charge in [-0.1, -0.05) is 11.6 Å². The van der Waals surface area contributed by atoms with Gasteiger partial charge in [-0.05, 0) is 53.5 Å². The zero-order valence-electron chi connectivity index (χ0n) is 21.2. The molecule has 1 aliphatic rings. The van der Waals surface area contributed by atoms with Gasteiger partial charge in [0.2, 0.25) is 0 Å². The van der Waals surface area contributed by atoms with E-state index in [0.717, 1.165) is 12.1 Å². The summed E-state index contributed by atoms with van der Waals surface area (Å²) in [5, 5.41) is 31.4. The van der Waals surface area contributed by atoms with Gasteiger partial charge in [-0.2, -0.15) is 10.2 Å². The molecule has 15 heteroatoms. The largest absolute Gasteiger partial charge is 0.391 e. The number of pyridine rings is 1. The Morgan fingerprint density at radius 1 is 1.15 bits per heavy atom. The molecule has 5 rings (SSSR count). The van der Waals surface area contributed by atoms with Crippen LogP contribution in [0.3, 0.4) is 0 Å². The van der Waals surface area contributed by atoms with Gasteiger partial charge in [0, 0.05) is 25.1 Å². The fraction of sp³-hybridized carbons (Fsp3) is 0.360. The summed E-state index contributed by atoms with van der Waals surface area (Å²) < 4.78 is 56.3. The van der Waals surface area contributed by atoms with Crippen LogP contribution in [0, 0.1) is 24.4 Å². The second kappa shape index (κ2) is 11.2. The normalized spacial score (nSPS) is 23.9. The Bertz CT molecular complexity index is 1530. The summed E-state index contributed by atoms with van der Waals surface area (Å²) in [6.45, 7) is 3.16. The molecule has 1 aromatic carbocycles. The van der Waals surface area contributed by atoms with Gasteiger partial charge >= 0.3 is 0 Å². The number of aliphatic hydroxyl groups is 2. The predicted molar refractivity (Wildman–Crippen MR) is 139 cm³/mol. The van der Waals surface area contributed by atoms with Crippen molar-refractivity contribution in [3.63, 3.8) is 0 Å². The molecule has 4 unspecified atom stereocenters. The highest BCUT2D eigenvalue weighted by Crippen LogP contribution is 2.41. The van der Waals surface area contributed by atoms with Crippen LogP contribution in [-0.2, 0) is 9.47 Å². The van der Waals surface area contributed by atoms with Crippen molar-refractivity contribution in [2.24, 2.45) is 0 Å². The number of aliphatic hydroxyl groups excluding tert-OH is 2. The molecule has 4 aromatic rings. The third-order valence-electron chi connectivity index (χ3n) is 6.60. The second-order valence-corrected chi connectivity index (χ2v) is 10.5. The molecule has 0 amide bonds. The number of nitrogens with zero attached hydrogens (tertiary/aromatic N) is 6. The standard InChI is InChI=1S/C25H23BrClF3N6O4/c1-10(37)21-22(39-3)19(35-9-13(7-32-35)12-4-15(28)18(30)16(29)5-12)20(38)23(40-21)25-33-11(2)34-36(25)17-6-14(27)8-31-24(17)26/h4-10,19-23,37-38H,1-3H3/t10?,19?,20?,21?,22-,23-/m1/s1. The molecule has 0 aliphatic carbocycles. The Morgan fingerprint density at radius 3 is 2.50 bits per heavy atom. The van der Waals surface area contributed by atoms with Crippen LogP contribution in [0.15, 0.2) is 41.4 Å². The lowest BCUT2D eigenvalue weighted by molar-refractivity contribution is -0.230. The van der Waals surface area contributed by atoms with Gasteiger partial charge in [0.1, 0.15) is 46.6 Å². The van der Waals surface area contributed by atoms with Crippen molar-refractivity contribution in [1.29, 1.82) is 0 Å². The maximum absolute atomic E-state index is 13.9. The SMILES string of the molecule is CO[C@H]1C(C(C)O)O[C@@H](c2nc(C)nn2-c2cc(Cl)cnc2Br)C(O)C1n1cc(-c2cc(F)c(F)c(F)c2)cn1. The number of aryl methyl sites for hydroxylation is 1. The van der Waals surface area contributed by atoms with Gasteiger partial charge < -0.3 is 19.7 Å². The molecule has 0 radical (unpaired) electrons. The van der Waals surface area contributed by atoms with Crippen molar-refractivity contribution in [3.05, 3.63) is 75.5 Å². The molecule has 3 aromatic heterocycles. The molecule has 1 aliphatic heterocycles. The van der Waals surface area contributed by atoms with E-state index in [9.17, 15) is 23.4 Å². The first-order valence-corrected chi connectivity index (χ1v) is 13.2. The van der Waals surface area contributed by atoms with Crippen molar-refractivity contribution in [3.8, 4) is 16.8 Å². The lowest BCUT2D eigenvalue weighted by Crippen LogP contribution is -2.56. The zero-order valence-corrected chi connectivity index (χ0v) is 23.6. The van der Waals surface area contributed by atoms with Crippen LogP contribution in [0.5, 0.6) is 0 Å². The summed E-state index contributed by atoms with van der Waals surface area (Å²) in [7, 11) is 1.39. The summed E-state index contributed by atoms with van der Waals surface area (Å²) in [6, 6.07) is 2.32. The van der Waals surface area contributed by atoms with E-state index in [0.29, 0.717) is 21.1 Å². The molecule has 40 heavy (non-hydrogen) atoms. The minimum Gasteiger partial charge on any atom is -0.391 e. The van der Waals surface area contributed by atoms with Gasteiger partial charge in [0.25, 0.3) is 0 Å². The molecule has 0 spiro atoms. The van der Waals surface area contributed by atoms with E-state index in [4.69, 9.17) is 21.1 Å². The van der Waals surface area contributed by atoms with E-state index in [1.807, 2.05) is 0 Å². The molecule has 212 valence electrons. The lowest BCUT2D eigenvalue weighted by atomic mass is 9.89. The quantitative estimate of drug-likeness (QED) is 0.238. The number of halogens is 5. The van der Waals surface area contributed by atoms with Crippen molar-refractivity contribution >= 4 is 27.5 Å². The van der Waals surface area contributed by atoms with Gasteiger partial charge in [0.05, 0.1) is 17.3 Å². The number of methoxy groups -OCH3 is 1. The summed E-state index contributed by atoms with van der Waals surface area (Å²) in [5.74, 6) is -3.74. The molecular formula is C25H23BrClF3N6O4. The molecule has 4 heterocycles. The maximum Gasteiger partial charge on any atom is 0.194 e. The van der Waals surface area contributed by atoms with Gasteiger partial charge in [-0.25, -0.2) is 27.8 Å². The molecule has 6 atom stereocenters. The summed E-state index contributed by atoms with van der Waals surface area (Å²) in [6.07, 6.45) is -1.29. The summed E-state index contributed by atoms with van der Waals surface area (Å²) in [5.41, 5.74) is 0.722. The van der Waals surface area contributed by atoms with E-state index in [1.165, 1.54) is 42.0 Å². The Morgan fingerprint density at radius 2 is 1.85 bits per heavy atom. The highest BCUT2D eigenvalue weighted by molar-refractivity contribution is 9.10. The minimum absolute atomic E-state index is 0.0375. The van der Waals surface area contributed by atoms with Crippen LogP contribution in [0.25, 0.3) is 16.8 Å². The average Bonchev–Trinajstić information content (AvgIpc) is 3.54. The second-order valence-electron chi connectivity index (χ2n) is 9.30. The molecule has 0 bridgehead atoms. The number of rotatable bonds is 6. The van der Waals surface area contributed by atoms with Crippen LogP contribution < -0.4 is 0 Å². The van der Waals surface area contributed by atoms with Crippen molar-refractivity contribution < 1.29 is 32.9 Å². The van der Waals surface area contributed by atoms with E-state index in [1.54, 1.807) is 13.0 Å². The smallest absolute Gasteiger partial charge is 0.194 e. The Balaban J connectivity index is 1.60. The fourth-order valence-corrected chi connectivity index (χ4v) is 5.34. The van der Waals surface area contributed by atoms with Crippen LogP contribution in [0.1, 0.15) is 30.7 Å². The number of ether oxygens (including phenoxy) is 2. The van der Waals surface area contributed by atoms with Gasteiger partial charge in [-0.3, -0.25) is 4.68 Å². The highest BCUT2D eigenvalue weighted by atomic mass is 79.9. The summed E-state index contributed by atoms with van der Waals surface area (Å²) >= 11 is 9.55. The molecule has 10 nitrogen and oxygen atoms in total. The number of hydrogen-bond acceptors (Lipinski definition) is 8. The van der Waals surface area contributed by atoms with E-state index >= 15 is 0 Å². The van der Waals surface area contributed by atoms with Crippen molar-refractivity contribution in [1.82, 2.24) is 29.5 Å². The average molecular weight is 644 g/mol. The number of benzene rings is 1. The zero-order chi connectivity index (χ0) is 28.9. The fourth-order valence-electron chi connectivity index (χ4n) is 4.80. The first kappa shape index (κ1) is 28.6. The minimum atomic E-state index is -1.58. The van der Waals surface area contributed by atoms with Crippen LogP contribution in [-0.4, -0.2) is 71.3 Å². The number of hydrogen-bond donors (Lipinski definition) is 2. The van der Waals surface area contributed by atoms with Crippen LogP contribution in [0.4, 0.5) is 13.2 Å². The molecular weight excluding hydrogens is 621 g/mol. The summed E-state index contributed by atoms with van der Waals surface area (Å²) in [4.78, 5) is 8.68. The monoisotopic (exact) mass is 642 g/mol. The van der Waals surface area contributed by atoms with E-state index in [-0.39, 0.29) is 17.0 Å². The molecule has 1 saturated heterocycles. The molecule has 2 N–H and O–H groups in total. The Hall–Kier alpha value is -2.88. The first-order chi connectivity index (χ1) is 19.0. The van der Waals surface area contributed by atoms with E-state index < -0.39 is 54.0 Å². The van der Waals surface area contributed by atoms with Crippen LogP contribution in [0.2, 0.25) is 5.02 Å². The van der Waals surface area contributed by atoms with Crippen LogP contribution >= 0.6 is 27.5 Å². The molecule has 1 fully saturated rings. The topological polar surface area (TPSA) is 120 Å². The molecule has 0 saturated carbocycles. The highest BCUT2D eigenvalue weighted by Gasteiger charge is 2.50. The lowest BCUT2D eigenvalue weighted by Gasteiger charge is -2.44. The first-order valence-electron chi connectivity index (χ1n) is 12.0. The maximum atomic E-state index is 13.9. The van der Waals surface area contributed by atoms with Gasteiger partial charge in [0.15, 0.2) is 23.3 Å². The third-order valence-corrected chi connectivity index (χ3v) is 7.42. The van der Waals surface area contributed by atoms with Crippen molar-refractivity contribution in [2.45, 2.75) is 50.4 Å². The Kier molecular flexibility index (Phi) is 8.01.